The summed E-state index contributed by atoms with van der Waals surface area (Å²) in [5.74, 6) is 0.585. The fourth-order valence-corrected chi connectivity index (χ4v) is 2.90. The van der Waals surface area contributed by atoms with Crippen LogP contribution in [0.1, 0.15) is 50.7 Å². The zero-order valence-corrected chi connectivity index (χ0v) is 13.8. The van der Waals surface area contributed by atoms with Crippen LogP contribution >= 0.6 is 11.3 Å². The lowest BCUT2D eigenvalue weighted by atomic mass is 9.76. The molecule has 1 heterocycles. The molecular weight excluding hydrogens is 270 g/mol. The van der Waals surface area contributed by atoms with Gasteiger partial charge in [0, 0.05) is 11.8 Å². The van der Waals surface area contributed by atoms with E-state index in [-0.39, 0.29) is 11.3 Å². The lowest BCUT2D eigenvalue weighted by Crippen LogP contribution is -2.27. The molecule has 0 fully saturated rings. The lowest BCUT2D eigenvalue weighted by Gasteiger charge is -2.30. The van der Waals surface area contributed by atoms with E-state index in [1.54, 1.807) is 11.3 Å². The number of carbonyl (C=O) groups is 1. The quantitative estimate of drug-likeness (QED) is 0.813. The number of nitrogens with two attached hydrogens (primary N) is 1. The molecular formula is C15H27N3OS. The molecule has 0 bridgehead atoms. The molecule has 0 spiro atoms. The summed E-state index contributed by atoms with van der Waals surface area (Å²) in [7, 11) is 0. The van der Waals surface area contributed by atoms with E-state index < -0.39 is 0 Å². The van der Waals surface area contributed by atoms with Crippen LogP contribution in [0.3, 0.4) is 0 Å². The fourth-order valence-electron chi connectivity index (χ4n) is 2.28. The van der Waals surface area contributed by atoms with Crippen molar-refractivity contribution in [3.63, 3.8) is 0 Å². The Morgan fingerprint density at radius 2 is 2.15 bits per heavy atom. The predicted octanol–water partition coefficient (Wildman–Crippen LogP) is 2.86. The Labute approximate surface area is 126 Å². The zero-order chi connectivity index (χ0) is 15.2. The second-order valence-corrected chi connectivity index (χ2v) is 7.38. The first-order valence-electron chi connectivity index (χ1n) is 7.20. The van der Waals surface area contributed by atoms with Crippen molar-refractivity contribution in [2.24, 2.45) is 17.1 Å². The second kappa shape index (κ2) is 7.74. The number of aryl methyl sites for hydroxylation is 1. The minimum absolute atomic E-state index is 0.0990. The largest absolute Gasteiger partial charge is 0.350 e. The van der Waals surface area contributed by atoms with E-state index in [0.717, 1.165) is 23.5 Å². The van der Waals surface area contributed by atoms with Crippen molar-refractivity contribution in [3.05, 3.63) is 16.1 Å². The van der Waals surface area contributed by atoms with Gasteiger partial charge in [-0.1, -0.05) is 20.8 Å². The number of nitrogens with zero attached hydrogens (tertiary/aromatic N) is 1. The highest BCUT2D eigenvalue weighted by Crippen LogP contribution is 2.31. The normalized spacial score (nSPS) is 13.2. The van der Waals surface area contributed by atoms with Gasteiger partial charge in [-0.2, -0.15) is 0 Å². The van der Waals surface area contributed by atoms with Gasteiger partial charge in [-0.05, 0) is 37.6 Å². The molecule has 0 radical (unpaired) electrons. The van der Waals surface area contributed by atoms with Crippen LogP contribution in [0, 0.1) is 18.3 Å². The first kappa shape index (κ1) is 17.1. The SMILES string of the molecule is Cc1nc(CNC(=O)CCC(CCN)C(C)(C)C)cs1. The van der Waals surface area contributed by atoms with Gasteiger partial charge in [0.15, 0.2) is 0 Å². The highest BCUT2D eigenvalue weighted by Gasteiger charge is 2.24. The molecule has 3 N–H and O–H groups in total. The molecule has 0 aromatic carbocycles. The molecule has 114 valence electrons. The Bertz CT molecular complexity index is 423. The van der Waals surface area contributed by atoms with Gasteiger partial charge in [0.25, 0.3) is 0 Å². The third-order valence-electron chi connectivity index (χ3n) is 3.59. The van der Waals surface area contributed by atoms with Gasteiger partial charge in [-0.3, -0.25) is 4.79 Å². The Kier molecular flexibility index (Phi) is 6.62. The number of hydrogen-bond acceptors (Lipinski definition) is 4. The molecule has 20 heavy (non-hydrogen) atoms. The van der Waals surface area contributed by atoms with E-state index in [0.29, 0.717) is 25.4 Å². The van der Waals surface area contributed by atoms with E-state index >= 15 is 0 Å². The van der Waals surface area contributed by atoms with Crippen molar-refractivity contribution < 1.29 is 4.79 Å². The first-order chi connectivity index (χ1) is 9.32. The average molecular weight is 297 g/mol. The maximum Gasteiger partial charge on any atom is 0.220 e. The summed E-state index contributed by atoms with van der Waals surface area (Å²) in [6.07, 6.45) is 2.43. The van der Waals surface area contributed by atoms with E-state index in [9.17, 15) is 4.79 Å². The second-order valence-electron chi connectivity index (χ2n) is 6.31. The number of hydrogen-bond donors (Lipinski definition) is 2. The van der Waals surface area contributed by atoms with Crippen LogP contribution in [0.5, 0.6) is 0 Å². The van der Waals surface area contributed by atoms with Gasteiger partial charge in [-0.25, -0.2) is 4.98 Å². The fraction of sp³-hybridized carbons (Fsp3) is 0.733. The lowest BCUT2D eigenvalue weighted by molar-refractivity contribution is -0.121. The van der Waals surface area contributed by atoms with Crippen molar-refractivity contribution in [3.8, 4) is 0 Å². The van der Waals surface area contributed by atoms with Crippen LogP contribution in [0.2, 0.25) is 0 Å². The molecule has 5 heteroatoms. The van der Waals surface area contributed by atoms with Gasteiger partial charge in [-0.15, -0.1) is 11.3 Å². The minimum Gasteiger partial charge on any atom is -0.350 e. The number of carbonyl (C=O) groups excluding carboxylic acids is 1. The van der Waals surface area contributed by atoms with E-state index in [2.05, 4.69) is 31.1 Å². The molecule has 1 amide bonds. The number of nitrogens with one attached hydrogen (secondary N) is 1. The van der Waals surface area contributed by atoms with Crippen molar-refractivity contribution in [2.45, 2.75) is 53.5 Å². The number of rotatable bonds is 7. The third kappa shape index (κ3) is 6.01. The average Bonchev–Trinajstić information content (AvgIpc) is 2.76. The summed E-state index contributed by atoms with van der Waals surface area (Å²) in [6, 6.07) is 0. The van der Waals surface area contributed by atoms with Crippen molar-refractivity contribution >= 4 is 17.2 Å². The topological polar surface area (TPSA) is 68.0 Å². The molecule has 0 aliphatic heterocycles. The highest BCUT2D eigenvalue weighted by molar-refractivity contribution is 7.09. The standard InChI is InChI=1S/C15H27N3OS/c1-11-18-13(10-20-11)9-17-14(19)6-5-12(7-8-16)15(2,3)4/h10,12H,5-9,16H2,1-4H3,(H,17,19). The van der Waals surface area contributed by atoms with E-state index in [1.165, 1.54) is 0 Å². The van der Waals surface area contributed by atoms with Crippen LogP contribution in [0.25, 0.3) is 0 Å². The monoisotopic (exact) mass is 297 g/mol. The summed E-state index contributed by atoms with van der Waals surface area (Å²) in [5.41, 5.74) is 6.80. The Morgan fingerprint density at radius 1 is 1.45 bits per heavy atom. The van der Waals surface area contributed by atoms with Gasteiger partial charge in [0.1, 0.15) is 0 Å². The van der Waals surface area contributed by atoms with Crippen molar-refractivity contribution in [2.75, 3.05) is 6.54 Å². The number of aromatic nitrogens is 1. The van der Waals surface area contributed by atoms with Crippen molar-refractivity contribution in [1.82, 2.24) is 10.3 Å². The van der Waals surface area contributed by atoms with E-state index in [1.807, 2.05) is 12.3 Å². The Hall–Kier alpha value is -0.940. The minimum atomic E-state index is 0.0990. The van der Waals surface area contributed by atoms with Gasteiger partial charge >= 0.3 is 0 Å². The summed E-state index contributed by atoms with van der Waals surface area (Å²) in [5, 5.41) is 5.96. The Morgan fingerprint density at radius 3 is 2.65 bits per heavy atom. The van der Waals surface area contributed by atoms with Gasteiger partial charge < -0.3 is 11.1 Å². The number of thiazole rings is 1. The number of amides is 1. The van der Waals surface area contributed by atoms with E-state index in [4.69, 9.17) is 5.73 Å². The zero-order valence-electron chi connectivity index (χ0n) is 13.0. The van der Waals surface area contributed by atoms with Crippen LogP contribution in [0.15, 0.2) is 5.38 Å². The highest BCUT2D eigenvalue weighted by atomic mass is 32.1. The summed E-state index contributed by atoms with van der Waals surface area (Å²) < 4.78 is 0. The molecule has 1 unspecified atom stereocenters. The van der Waals surface area contributed by atoms with Crippen LogP contribution < -0.4 is 11.1 Å². The summed E-state index contributed by atoms with van der Waals surface area (Å²) >= 11 is 1.61. The smallest absolute Gasteiger partial charge is 0.220 e. The predicted molar refractivity (Wildman–Crippen MR) is 84.5 cm³/mol. The molecule has 0 saturated heterocycles. The maximum absolute atomic E-state index is 11.9. The van der Waals surface area contributed by atoms with Crippen LogP contribution in [-0.4, -0.2) is 17.4 Å². The molecule has 1 aromatic rings. The molecule has 0 saturated carbocycles. The van der Waals surface area contributed by atoms with Crippen molar-refractivity contribution in [1.29, 1.82) is 0 Å². The summed E-state index contributed by atoms with van der Waals surface area (Å²) in [6.45, 7) is 9.81. The van der Waals surface area contributed by atoms with Crippen LogP contribution in [0.4, 0.5) is 0 Å². The summed E-state index contributed by atoms with van der Waals surface area (Å²) in [4.78, 5) is 16.2. The van der Waals surface area contributed by atoms with Gasteiger partial charge in [0.05, 0.1) is 17.2 Å². The maximum atomic E-state index is 11.9. The molecule has 0 aliphatic rings. The Balaban J connectivity index is 2.34. The first-order valence-corrected chi connectivity index (χ1v) is 8.08. The van der Waals surface area contributed by atoms with Gasteiger partial charge in [0.2, 0.25) is 5.91 Å². The molecule has 0 aliphatic carbocycles. The molecule has 1 rings (SSSR count). The van der Waals surface area contributed by atoms with Crippen LogP contribution in [-0.2, 0) is 11.3 Å². The molecule has 4 nitrogen and oxygen atoms in total. The molecule has 1 aromatic heterocycles. The third-order valence-corrected chi connectivity index (χ3v) is 4.42. The molecule has 1 atom stereocenters.